The van der Waals surface area contributed by atoms with Crippen LogP contribution < -0.4 is 0 Å². The molecule has 1 aromatic rings. The molecule has 1 fully saturated rings. The number of halogens is 2. The molecule has 102 valence electrons. The monoisotopic (exact) mass is 264 g/mol. The summed E-state index contributed by atoms with van der Waals surface area (Å²) in [5.74, 6) is -1.58. The third-order valence-electron chi connectivity index (χ3n) is 3.80. The minimum Gasteiger partial charge on any atom is -0.297 e. The van der Waals surface area contributed by atoms with Crippen LogP contribution in [-0.4, -0.2) is 23.5 Å². The van der Waals surface area contributed by atoms with Crippen LogP contribution in [0.15, 0.2) is 18.2 Å². The molecule has 1 saturated heterocycles. The summed E-state index contributed by atoms with van der Waals surface area (Å²) in [5, 5.41) is 9.25. The number of hydrogen-bond acceptors (Lipinski definition) is 2. The highest BCUT2D eigenvalue weighted by Gasteiger charge is 2.39. The number of hydrogen-bond donors (Lipinski definition) is 0. The Kier molecular flexibility index (Phi) is 3.60. The number of likely N-dealkylation sites (tertiary alicyclic amines) is 1. The zero-order valence-corrected chi connectivity index (χ0v) is 11.5. The van der Waals surface area contributed by atoms with E-state index in [9.17, 15) is 14.0 Å². The molecule has 0 spiro atoms. The van der Waals surface area contributed by atoms with Gasteiger partial charge in [0.2, 0.25) is 0 Å². The summed E-state index contributed by atoms with van der Waals surface area (Å²) in [7, 11) is 0. The normalized spacial score (nSPS) is 24.4. The van der Waals surface area contributed by atoms with Gasteiger partial charge >= 0.3 is 0 Å². The van der Waals surface area contributed by atoms with Crippen molar-refractivity contribution in [2.75, 3.05) is 13.1 Å². The van der Waals surface area contributed by atoms with Gasteiger partial charge in [0.25, 0.3) is 0 Å². The molecule has 0 N–H and O–H groups in total. The quantitative estimate of drug-likeness (QED) is 0.778. The van der Waals surface area contributed by atoms with Crippen molar-refractivity contribution in [3.05, 3.63) is 35.4 Å². The van der Waals surface area contributed by atoms with Crippen molar-refractivity contribution in [2.45, 2.75) is 32.2 Å². The third-order valence-corrected chi connectivity index (χ3v) is 3.80. The molecule has 0 unspecified atom stereocenters. The first-order valence-corrected chi connectivity index (χ1v) is 6.42. The van der Waals surface area contributed by atoms with Gasteiger partial charge in [0.1, 0.15) is 11.6 Å². The van der Waals surface area contributed by atoms with E-state index in [0.717, 1.165) is 6.07 Å². The summed E-state index contributed by atoms with van der Waals surface area (Å²) < 4.78 is 26.8. The lowest BCUT2D eigenvalue weighted by Gasteiger charge is -2.31. The maximum Gasteiger partial charge on any atom is 0.129 e. The summed E-state index contributed by atoms with van der Waals surface area (Å²) in [6.45, 7) is 7.48. The van der Waals surface area contributed by atoms with E-state index in [1.165, 1.54) is 12.1 Å². The highest BCUT2D eigenvalue weighted by atomic mass is 19.1. The Morgan fingerprint density at radius 3 is 2.47 bits per heavy atom. The molecule has 0 radical (unpaired) electrons. The van der Waals surface area contributed by atoms with Crippen LogP contribution in [0.4, 0.5) is 8.78 Å². The minimum absolute atomic E-state index is 0.0552. The van der Waals surface area contributed by atoms with Crippen molar-refractivity contribution in [3.8, 4) is 6.07 Å². The largest absolute Gasteiger partial charge is 0.297 e. The van der Waals surface area contributed by atoms with Crippen LogP contribution in [0.5, 0.6) is 0 Å². The number of nitriles is 1. The topological polar surface area (TPSA) is 27.0 Å². The second kappa shape index (κ2) is 4.90. The lowest BCUT2D eigenvalue weighted by molar-refractivity contribution is 0.170. The molecular formula is C15H18F2N2. The molecule has 0 amide bonds. The van der Waals surface area contributed by atoms with Crippen molar-refractivity contribution >= 4 is 0 Å². The van der Waals surface area contributed by atoms with Gasteiger partial charge in [-0.15, -0.1) is 0 Å². The first-order valence-electron chi connectivity index (χ1n) is 6.42. The second-order valence-electron chi connectivity index (χ2n) is 6.08. The van der Waals surface area contributed by atoms with Crippen LogP contribution >= 0.6 is 0 Å². The van der Waals surface area contributed by atoms with Crippen molar-refractivity contribution in [1.82, 2.24) is 4.90 Å². The van der Waals surface area contributed by atoms with Crippen LogP contribution in [0.1, 0.15) is 32.3 Å². The van der Waals surface area contributed by atoms with Gasteiger partial charge in [-0.1, -0.05) is 6.07 Å². The number of nitrogens with zero attached hydrogens (tertiary/aromatic N) is 2. The van der Waals surface area contributed by atoms with Crippen LogP contribution in [0, 0.1) is 28.9 Å². The molecule has 1 aromatic carbocycles. The first kappa shape index (κ1) is 14.0. The summed E-state index contributed by atoms with van der Waals surface area (Å²) in [6.07, 6.45) is 0. The molecule has 2 atom stereocenters. The summed E-state index contributed by atoms with van der Waals surface area (Å²) in [4.78, 5) is 2.17. The van der Waals surface area contributed by atoms with Crippen LogP contribution in [-0.2, 0) is 0 Å². The molecule has 2 rings (SSSR count). The van der Waals surface area contributed by atoms with Crippen molar-refractivity contribution in [3.63, 3.8) is 0 Å². The predicted octanol–water partition coefficient (Wildman–Crippen LogP) is 3.30. The first-order chi connectivity index (χ1) is 8.82. The second-order valence-corrected chi connectivity index (χ2v) is 6.08. The van der Waals surface area contributed by atoms with Gasteiger partial charge in [-0.05, 0) is 32.4 Å². The molecule has 2 nitrogen and oxygen atoms in total. The van der Waals surface area contributed by atoms with Crippen LogP contribution in [0.2, 0.25) is 0 Å². The highest BCUT2D eigenvalue weighted by Crippen LogP contribution is 2.36. The zero-order chi connectivity index (χ0) is 14.2. The van der Waals surface area contributed by atoms with Gasteiger partial charge < -0.3 is 0 Å². The Bertz CT molecular complexity index is 514. The van der Waals surface area contributed by atoms with Crippen molar-refractivity contribution in [1.29, 1.82) is 5.26 Å². The lowest BCUT2D eigenvalue weighted by atomic mass is 9.89. The molecule has 19 heavy (non-hydrogen) atoms. The van der Waals surface area contributed by atoms with Gasteiger partial charge in [-0.25, -0.2) is 8.78 Å². The maximum atomic E-state index is 13.9. The molecule has 1 aliphatic rings. The number of benzene rings is 1. The summed E-state index contributed by atoms with van der Waals surface area (Å²) >= 11 is 0. The summed E-state index contributed by atoms with van der Waals surface area (Å²) in [5.41, 5.74) is 0.389. The van der Waals surface area contributed by atoms with Gasteiger partial charge in [0.15, 0.2) is 0 Å². The Morgan fingerprint density at radius 1 is 1.26 bits per heavy atom. The van der Waals surface area contributed by atoms with Crippen LogP contribution in [0.25, 0.3) is 0 Å². The fourth-order valence-corrected chi connectivity index (χ4v) is 2.60. The van der Waals surface area contributed by atoms with Crippen LogP contribution in [0.3, 0.4) is 0 Å². The molecule has 4 heteroatoms. The van der Waals surface area contributed by atoms with E-state index in [1.807, 2.05) is 0 Å². The molecule has 0 bridgehead atoms. The van der Waals surface area contributed by atoms with E-state index < -0.39 is 11.6 Å². The van der Waals surface area contributed by atoms with Crippen molar-refractivity contribution < 1.29 is 8.78 Å². The van der Waals surface area contributed by atoms with E-state index in [0.29, 0.717) is 18.7 Å². The summed E-state index contributed by atoms with van der Waals surface area (Å²) in [6, 6.07) is 5.87. The Morgan fingerprint density at radius 2 is 1.95 bits per heavy atom. The smallest absolute Gasteiger partial charge is 0.129 e. The lowest BCUT2D eigenvalue weighted by Crippen LogP contribution is -2.39. The fraction of sp³-hybridized carbons (Fsp3) is 0.533. The van der Waals surface area contributed by atoms with E-state index in [-0.39, 0.29) is 17.4 Å². The molecule has 0 saturated carbocycles. The van der Waals surface area contributed by atoms with Gasteiger partial charge in [-0.2, -0.15) is 5.26 Å². The zero-order valence-electron chi connectivity index (χ0n) is 11.5. The fourth-order valence-electron chi connectivity index (χ4n) is 2.60. The molecular weight excluding hydrogens is 246 g/mol. The molecule has 1 heterocycles. The Labute approximate surface area is 112 Å². The third kappa shape index (κ3) is 2.76. The SMILES string of the molecule is CC(C)(C)N1C[C@H](C#N)[C@H](c2ccc(F)cc2F)C1. The predicted molar refractivity (Wildman–Crippen MR) is 69.5 cm³/mol. The standard InChI is InChI=1S/C15H18F2N2/c1-15(2,3)19-8-10(7-18)13(9-19)12-5-4-11(16)6-14(12)17/h4-6,10,13H,8-9H2,1-3H3/t10-,13+/m0/s1. The van der Waals surface area contributed by atoms with E-state index in [1.54, 1.807) is 0 Å². The average Bonchev–Trinajstić information content (AvgIpc) is 2.72. The Balaban J connectivity index is 2.31. The Hall–Kier alpha value is -1.47. The number of rotatable bonds is 1. The highest BCUT2D eigenvalue weighted by molar-refractivity contribution is 5.27. The maximum absolute atomic E-state index is 13.9. The van der Waals surface area contributed by atoms with E-state index in [4.69, 9.17) is 0 Å². The average molecular weight is 264 g/mol. The van der Waals surface area contributed by atoms with Gasteiger partial charge in [-0.3, -0.25) is 4.90 Å². The van der Waals surface area contributed by atoms with Gasteiger partial charge in [0, 0.05) is 30.6 Å². The molecule has 1 aliphatic heterocycles. The van der Waals surface area contributed by atoms with E-state index >= 15 is 0 Å². The van der Waals surface area contributed by atoms with Gasteiger partial charge in [0.05, 0.1) is 12.0 Å². The molecule has 0 aliphatic carbocycles. The van der Waals surface area contributed by atoms with Crippen molar-refractivity contribution in [2.24, 2.45) is 5.92 Å². The minimum atomic E-state index is -0.583. The van der Waals surface area contributed by atoms with E-state index in [2.05, 4.69) is 31.7 Å². The molecule has 0 aromatic heterocycles.